The third-order valence-electron chi connectivity index (χ3n) is 4.29. The summed E-state index contributed by atoms with van der Waals surface area (Å²) in [6.07, 6.45) is 1.82. The predicted molar refractivity (Wildman–Crippen MR) is 106 cm³/mol. The lowest BCUT2D eigenvalue weighted by Crippen LogP contribution is -3.10. The third kappa shape index (κ3) is 7.02. The summed E-state index contributed by atoms with van der Waals surface area (Å²) in [6.45, 7) is 7.49. The van der Waals surface area contributed by atoms with Crippen molar-refractivity contribution in [3.63, 3.8) is 0 Å². The summed E-state index contributed by atoms with van der Waals surface area (Å²) in [5.41, 5.74) is 1.32. The van der Waals surface area contributed by atoms with E-state index in [1.807, 2.05) is 52.1 Å². The van der Waals surface area contributed by atoms with Gasteiger partial charge in [-0.1, -0.05) is 0 Å². The highest BCUT2D eigenvalue weighted by atomic mass is 16.2. The Bertz CT molecular complexity index is 679. The average molecular weight is 375 g/mol. The number of anilines is 2. The molecule has 1 aliphatic heterocycles. The predicted octanol–water partition coefficient (Wildman–Crippen LogP) is 0.571. The normalized spacial score (nSPS) is 15.6. The molecule has 0 radical (unpaired) electrons. The molecule has 0 saturated carbocycles. The topological polar surface area (TPSA) is 83.0 Å². The first-order valence-electron chi connectivity index (χ1n) is 9.46. The van der Waals surface area contributed by atoms with Gasteiger partial charge in [0.15, 0.2) is 6.54 Å². The number of quaternary nitrogens is 1. The number of rotatable bonds is 7. The summed E-state index contributed by atoms with van der Waals surface area (Å²) in [5, 5.41) is 5.78. The van der Waals surface area contributed by atoms with Gasteiger partial charge in [0.25, 0.3) is 5.91 Å². The van der Waals surface area contributed by atoms with Gasteiger partial charge in [-0.05, 0) is 51.5 Å². The van der Waals surface area contributed by atoms with Crippen molar-refractivity contribution >= 4 is 29.1 Å². The highest BCUT2D eigenvalue weighted by molar-refractivity contribution is 5.96. The first-order chi connectivity index (χ1) is 12.6. The Balaban J connectivity index is 1.75. The van der Waals surface area contributed by atoms with E-state index >= 15 is 0 Å². The fraction of sp³-hybridized carbons (Fsp3) is 0.550. The molecule has 1 heterocycles. The highest BCUT2D eigenvalue weighted by Gasteiger charge is 2.21. The maximum absolute atomic E-state index is 12.1. The minimum Gasteiger partial charge on any atom is -0.347 e. The SMILES string of the molecule is C[NH+](CCC(=O)Nc1ccc(N2CCCC2=O)cc1)CC(=O)NC(C)(C)C. The van der Waals surface area contributed by atoms with Gasteiger partial charge < -0.3 is 20.4 Å². The molecule has 0 aliphatic carbocycles. The summed E-state index contributed by atoms with van der Waals surface area (Å²) in [6, 6.07) is 7.33. The second-order valence-corrected chi connectivity index (χ2v) is 8.18. The molecular formula is C20H31N4O3+. The van der Waals surface area contributed by atoms with Gasteiger partial charge in [-0.25, -0.2) is 0 Å². The number of carbonyl (C=O) groups is 3. The van der Waals surface area contributed by atoms with Crippen molar-refractivity contribution in [2.75, 3.05) is 36.9 Å². The summed E-state index contributed by atoms with van der Waals surface area (Å²) in [4.78, 5) is 38.6. The van der Waals surface area contributed by atoms with Crippen LogP contribution in [0.2, 0.25) is 0 Å². The van der Waals surface area contributed by atoms with Gasteiger partial charge in [0.05, 0.1) is 20.0 Å². The standard InChI is InChI=1S/C20H30N4O3/c1-20(2,3)22-18(26)14-23(4)13-11-17(25)21-15-7-9-16(10-8-15)24-12-5-6-19(24)27/h7-10H,5-6,11-14H2,1-4H3,(H,21,25)(H,22,26)/p+1. The van der Waals surface area contributed by atoms with Gasteiger partial charge in [-0.3, -0.25) is 14.4 Å². The Morgan fingerprint density at radius 1 is 1.15 bits per heavy atom. The number of carbonyl (C=O) groups excluding carboxylic acids is 3. The number of nitrogens with zero attached hydrogens (tertiary/aromatic N) is 1. The smallest absolute Gasteiger partial charge is 0.275 e. The molecule has 1 aromatic carbocycles. The molecule has 1 fully saturated rings. The molecule has 1 unspecified atom stereocenters. The molecule has 1 atom stereocenters. The van der Waals surface area contributed by atoms with Crippen LogP contribution in [0.25, 0.3) is 0 Å². The van der Waals surface area contributed by atoms with Crippen LogP contribution in [-0.2, 0) is 14.4 Å². The van der Waals surface area contributed by atoms with E-state index in [0.29, 0.717) is 31.6 Å². The number of nitrogens with one attached hydrogen (secondary N) is 3. The van der Waals surface area contributed by atoms with E-state index in [1.54, 1.807) is 4.90 Å². The fourth-order valence-corrected chi connectivity index (χ4v) is 3.02. The van der Waals surface area contributed by atoms with Crippen molar-refractivity contribution in [1.82, 2.24) is 5.32 Å². The van der Waals surface area contributed by atoms with Crippen molar-refractivity contribution in [2.45, 2.75) is 45.6 Å². The zero-order valence-electron chi connectivity index (χ0n) is 16.7. The van der Waals surface area contributed by atoms with Gasteiger partial charge in [0.1, 0.15) is 0 Å². The van der Waals surface area contributed by atoms with Crippen molar-refractivity contribution in [3.05, 3.63) is 24.3 Å². The van der Waals surface area contributed by atoms with Gasteiger partial charge in [-0.15, -0.1) is 0 Å². The van der Waals surface area contributed by atoms with Crippen molar-refractivity contribution < 1.29 is 19.3 Å². The Kier molecular flexibility index (Phi) is 6.96. The number of likely N-dealkylation sites (N-methyl/N-ethyl adjacent to an activating group) is 1. The van der Waals surface area contributed by atoms with Crippen LogP contribution in [0.3, 0.4) is 0 Å². The molecule has 3 N–H and O–H groups in total. The molecule has 0 bridgehead atoms. The molecule has 7 heteroatoms. The maximum Gasteiger partial charge on any atom is 0.275 e. The molecular weight excluding hydrogens is 344 g/mol. The molecule has 1 aromatic rings. The molecule has 0 spiro atoms. The zero-order chi connectivity index (χ0) is 20.0. The second kappa shape index (κ2) is 8.99. The van der Waals surface area contributed by atoms with E-state index in [4.69, 9.17) is 0 Å². The monoisotopic (exact) mass is 375 g/mol. The van der Waals surface area contributed by atoms with Crippen LogP contribution in [0.1, 0.15) is 40.0 Å². The quantitative estimate of drug-likeness (QED) is 0.652. The number of benzene rings is 1. The lowest BCUT2D eigenvalue weighted by molar-refractivity contribution is -0.870. The van der Waals surface area contributed by atoms with E-state index in [0.717, 1.165) is 23.6 Å². The van der Waals surface area contributed by atoms with Crippen molar-refractivity contribution in [1.29, 1.82) is 0 Å². The highest BCUT2D eigenvalue weighted by Crippen LogP contribution is 2.22. The zero-order valence-corrected chi connectivity index (χ0v) is 16.7. The summed E-state index contributed by atoms with van der Waals surface area (Å²) in [7, 11) is 1.90. The van der Waals surface area contributed by atoms with Crippen LogP contribution in [-0.4, -0.2) is 49.9 Å². The first kappa shape index (κ1) is 20.9. The Morgan fingerprint density at radius 2 is 1.81 bits per heavy atom. The number of amides is 3. The lowest BCUT2D eigenvalue weighted by atomic mass is 10.1. The molecule has 3 amide bonds. The van der Waals surface area contributed by atoms with Crippen LogP contribution in [0.15, 0.2) is 24.3 Å². The minimum absolute atomic E-state index is 0.0209. The minimum atomic E-state index is -0.249. The van der Waals surface area contributed by atoms with E-state index in [1.165, 1.54) is 0 Å². The first-order valence-corrected chi connectivity index (χ1v) is 9.46. The van der Waals surface area contributed by atoms with Gasteiger partial charge in [0.2, 0.25) is 11.8 Å². The van der Waals surface area contributed by atoms with Crippen LogP contribution >= 0.6 is 0 Å². The molecule has 1 saturated heterocycles. The van der Waals surface area contributed by atoms with E-state index in [2.05, 4.69) is 10.6 Å². The maximum atomic E-state index is 12.1. The van der Waals surface area contributed by atoms with Crippen molar-refractivity contribution in [2.24, 2.45) is 0 Å². The Hall–Kier alpha value is -2.41. The number of hydrogen-bond donors (Lipinski definition) is 3. The van der Waals surface area contributed by atoms with Crippen molar-refractivity contribution in [3.8, 4) is 0 Å². The van der Waals surface area contributed by atoms with E-state index in [9.17, 15) is 14.4 Å². The molecule has 148 valence electrons. The van der Waals surface area contributed by atoms with E-state index < -0.39 is 0 Å². The van der Waals surface area contributed by atoms with Gasteiger partial charge >= 0.3 is 0 Å². The second-order valence-electron chi connectivity index (χ2n) is 8.18. The largest absolute Gasteiger partial charge is 0.347 e. The molecule has 7 nitrogen and oxygen atoms in total. The molecule has 1 aliphatic rings. The third-order valence-corrected chi connectivity index (χ3v) is 4.29. The average Bonchev–Trinajstić information content (AvgIpc) is 2.98. The fourth-order valence-electron chi connectivity index (χ4n) is 3.02. The summed E-state index contributed by atoms with van der Waals surface area (Å²) >= 11 is 0. The lowest BCUT2D eigenvalue weighted by Gasteiger charge is -2.21. The summed E-state index contributed by atoms with van der Waals surface area (Å²) in [5.74, 6) is 0.0383. The van der Waals surface area contributed by atoms with Crippen LogP contribution in [0.4, 0.5) is 11.4 Å². The molecule has 2 rings (SSSR count). The Morgan fingerprint density at radius 3 is 2.37 bits per heavy atom. The van der Waals surface area contributed by atoms with Crippen LogP contribution in [0, 0.1) is 0 Å². The van der Waals surface area contributed by atoms with Crippen LogP contribution < -0.4 is 20.4 Å². The van der Waals surface area contributed by atoms with E-state index in [-0.39, 0.29) is 23.3 Å². The van der Waals surface area contributed by atoms with Gasteiger partial charge in [0, 0.05) is 29.9 Å². The van der Waals surface area contributed by atoms with Crippen LogP contribution in [0.5, 0.6) is 0 Å². The number of hydrogen-bond acceptors (Lipinski definition) is 3. The summed E-state index contributed by atoms with van der Waals surface area (Å²) < 4.78 is 0. The molecule has 0 aromatic heterocycles. The van der Waals surface area contributed by atoms with Gasteiger partial charge in [-0.2, -0.15) is 0 Å². The Labute approximate surface area is 161 Å². The molecule has 27 heavy (non-hydrogen) atoms.